The predicted octanol–water partition coefficient (Wildman–Crippen LogP) is 6.88. The molecule has 2 aromatic carbocycles. The summed E-state index contributed by atoms with van der Waals surface area (Å²) in [5.41, 5.74) is 4.56. The van der Waals surface area contributed by atoms with Crippen LogP contribution in [0.3, 0.4) is 0 Å². The maximum atomic E-state index is 6.15. The lowest BCUT2D eigenvalue weighted by Crippen LogP contribution is -2.30. The van der Waals surface area contributed by atoms with E-state index < -0.39 is 0 Å². The van der Waals surface area contributed by atoms with Crippen molar-refractivity contribution < 1.29 is 4.74 Å². The lowest BCUT2D eigenvalue weighted by Gasteiger charge is -2.30. The molecule has 0 aliphatic heterocycles. The molecule has 0 radical (unpaired) electrons. The van der Waals surface area contributed by atoms with E-state index in [0.717, 1.165) is 21.2 Å². The normalized spacial score (nSPS) is 12.5. The Balaban J connectivity index is 2.04. The number of halogens is 2. The van der Waals surface area contributed by atoms with Gasteiger partial charge in [-0.25, -0.2) is 0 Å². The third kappa shape index (κ3) is 5.00. The highest BCUT2D eigenvalue weighted by Crippen LogP contribution is 2.30. The van der Waals surface area contributed by atoms with Crippen molar-refractivity contribution in [2.75, 3.05) is 13.2 Å². The van der Waals surface area contributed by atoms with Crippen LogP contribution in [0.4, 0.5) is 0 Å². The number of hydrogen-bond acceptors (Lipinski definition) is 1. The maximum absolute atomic E-state index is 6.15. The lowest BCUT2D eigenvalue weighted by molar-refractivity contribution is 0.0633. The van der Waals surface area contributed by atoms with Gasteiger partial charge in [-0.3, -0.25) is 0 Å². The van der Waals surface area contributed by atoms with Gasteiger partial charge < -0.3 is 4.74 Å². The molecule has 0 aromatic heterocycles. The summed E-state index contributed by atoms with van der Waals surface area (Å²) >= 11 is 12.3. The first-order valence-corrected chi connectivity index (χ1v) is 9.39. The smallest absolute Gasteiger partial charge is 0.0558 e. The van der Waals surface area contributed by atoms with Crippen LogP contribution in [0, 0.1) is 13.8 Å². The third-order valence-electron chi connectivity index (χ3n) is 4.80. The Bertz CT molecular complexity index is 684. The average Bonchev–Trinajstić information content (AvgIpc) is 2.52. The molecule has 0 aliphatic carbocycles. The summed E-state index contributed by atoms with van der Waals surface area (Å²) < 4.78 is 6.15. The molecule has 1 nitrogen and oxygen atoms in total. The van der Waals surface area contributed by atoms with Gasteiger partial charge in [-0.1, -0.05) is 75.2 Å². The van der Waals surface area contributed by atoms with Gasteiger partial charge >= 0.3 is 0 Å². The molecule has 0 spiro atoms. The number of ether oxygens (including phenoxy) is 1. The highest BCUT2D eigenvalue weighted by atomic mass is 35.5. The van der Waals surface area contributed by atoms with Crippen LogP contribution in [0.5, 0.6) is 0 Å². The van der Waals surface area contributed by atoms with Crippen LogP contribution in [0.15, 0.2) is 36.4 Å². The Morgan fingerprint density at radius 3 is 1.40 bits per heavy atom. The molecular weight excluding hydrogens is 351 g/mol. The summed E-state index contributed by atoms with van der Waals surface area (Å²) in [6.07, 6.45) is 0. The molecule has 0 aliphatic rings. The van der Waals surface area contributed by atoms with Crippen molar-refractivity contribution in [1.82, 2.24) is 0 Å². The van der Waals surface area contributed by atoms with E-state index in [0.29, 0.717) is 13.2 Å². The fourth-order valence-corrected chi connectivity index (χ4v) is 3.09. The van der Waals surface area contributed by atoms with Gasteiger partial charge in [0.2, 0.25) is 0 Å². The van der Waals surface area contributed by atoms with E-state index in [1.54, 1.807) is 0 Å². The zero-order valence-corrected chi connectivity index (χ0v) is 17.6. The SMILES string of the molecule is Cc1cc(C(C)(C)COCC(C)(C)c2ccc(Cl)c(C)c2)ccc1Cl. The molecule has 2 rings (SSSR count). The number of benzene rings is 2. The molecule has 0 fully saturated rings. The molecule has 0 saturated carbocycles. The van der Waals surface area contributed by atoms with Gasteiger partial charge in [-0.05, 0) is 48.2 Å². The van der Waals surface area contributed by atoms with Crippen molar-refractivity contribution in [3.05, 3.63) is 68.7 Å². The van der Waals surface area contributed by atoms with Gasteiger partial charge in [0.25, 0.3) is 0 Å². The molecule has 0 saturated heterocycles. The molecular formula is C22H28Cl2O. The van der Waals surface area contributed by atoms with Gasteiger partial charge in [0, 0.05) is 20.9 Å². The summed E-state index contributed by atoms with van der Waals surface area (Å²) in [7, 11) is 0. The Labute approximate surface area is 162 Å². The van der Waals surface area contributed by atoms with E-state index in [2.05, 4.69) is 52.0 Å². The first kappa shape index (κ1) is 20.3. The monoisotopic (exact) mass is 378 g/mol. The van der Waals surface area contributed by atoms with Crippen LogP contribution in [-0.4, -0.2) is 13.2 Å². The molecule has 25 heavy (non-hydrogen) atoms. The van der Waals surface area contributed by atoms with Gasteiger partial charge in [-0.15, -0.1) is 0 Å². The van der Waals surface area contributed by atoms with Crippen molar-refractivity contribution >= 4 is 23.2 Å². The number of aryl methyl sites for hydroxylation is 2. The largest absolute Gasteiger partial charge is 0.380 e. The summed E-state index contributed by atoms with van der Waals surface area (Å²) in [6.45, 7) is 14.2. The molecule has 0 unspecified atom stereocenters. The highest BCUT2D eigenvalue weighted by Gasteiger charge is 2.26. The Kier molecular flexibility index (Phi) is 6.25. The van der Waals surface area contributed by atoms with E-state index in [1.807, 2.05) is 26.0 Å². The minimum Gasteiger partial charge on any atom is -0.380 e. The van der Waals surface area contributed by atoms with Crippen molar-refractivity contribution in [1.29, 1.82) is 0 Å². The van der Waals surface area contributed by atoms with Gasteiger partial charge in [0.15, 0.2) is 0 Å². The Hall–Kier alpha value is -1.02. The molecule has 2 aromatic rings. The van der Waals surface area contributed by atoms with Crippen molar-refractivity contribution in [3.8, 4) is 0 Å². The molecule has 3 heteroatoms. The van der Waals surface area contributed by atoms with Gasteiger partial charge in [-0.2, -0.15) is 0 Å². The second-order valence-electron chi connectivity index (χ2n) is 8.19. The molecule has 136 valence electrons. The first-order valence-electron chi connectivity index (χ1n) is 8.64. The molecule has 0 atom stereocenters. The number of rotatable bonds is 6. The van der Waals surface area contributed by atoms with Crippen LogP contribution >= 0.6 is 23.2 Å². The van der Waals surface area contributed by atoms with E-state index in [1.165, 1.54) is 11.1 Å². The van der Waals surface area contributed by atoms with Crippen LogP contribution in [0.1, 0.15) is 49.9 Å². The van der Waals surface area contributed by atoms with Crippen LogP contribution in [0.25, 0.3) is 0 Å². The predicted molar refractivity (Wildman–Crippen MR) is 109 cm³/mol. The molecule has 0 amide bonds. The van der Waals surface area contributed by atoms with Crippen LogP contribution in [0.2, 0.25) is 10.0 Å². The first-order chi connectivity index (χ1) is 11.5. The van der Waals surface area contributed by atoms with E-state index >= 15 is 0 Å². The maximum Gasteiger partial charge on any atom is 0.0558 e. The fourth-order valence-electron chi connectivity index (χ4n) is 2.86. The quantitative estimate of drug-likeness (QED) is 0.531. The summed E-state index contributed by atoms with van der Waals surface area (Å²) in [5.74, 6) is 0. The average molecular weight is 379 g/mol. The second kappa shape index (κ2) is 7.70. The topological polar surface area (TPSA) is 9.23 Å². The second-order valence-corrected chi connectivity index (χ2v) is 9.00. The Morgan fingerprint density at radius 1 is 0.720 bits per heavy atom. The number of hydrogen-bond donors (Lipinski definition) is 0. The standard InChI is InChI=1S/C22H28Cl2O/c1-15-11-17(7-9-19(15)23)21(3,4)13-25-14-22(5,6)18-8-10-20(24)16(2)12-18/h7-12H,13-14H2,1-6H3. The summed E-state index contributed by atoms with van der Waals surface area (Å²) in [5, 5.41) is 1.61. The summed E-state index contributed by atoms with van der Waals surface area (Å²) in [6, 6.07) is 12.4. The molecule has 0 heterocycles. The minimum absolute atomic E-state index is 0.0681. The summed E-state index contributed by atoms with van der Waals surface area (Å²) in [4.78, 5) is 0. The van der Waals surface area contributed by atoms with E-state index in [9.17, 15) is 0 Å². The highest BCUT2D eigenvalue weighted by molar-refractivity contribution is 6.31. The van der Waals surface area contributed by atoms with E-state index in [4.69, 9.17) is 27.9 Å². The third-order valence-corrected chi connectivity index (χ3v) is 5.65. The lowest BCUT2D eigenvalue weighted by atomic mass is 9.83. The zero-order chi connectivity index (χ0) is 18.8. The molecule has 0 N–H and O–H groups in total. The Morgan fingerprint density at radius 2 is 1.08 bits per heavy atom. The zero-order valence-electron chi connectivity index (χ0n) is 16.0. The minimum atomic E-state index is -0.0681. The van der Waals surface area contributed by atoms with Crippen LogP contribution < -0.4 is 0 Å². The van der Waals surface area contributed by atoms with Crippen LogP contribution in [-0.2, 0) is 15.6 Å². The van der Waals surface area contributed by atoms with Crippen molar-refractivity contribution in [3.63, 3.8) is 0 Å². The fraction of sp³-hybridized carbons (Fsp3) is 0.455. The molecule has 0 bridgehead atoms. The van der Waals surface area contributed by atoms with E-state index in [-0.39, 0.29) is 10.8 Å². The van der Waals surface area contributed by atoms with Gasteiger partial charge in [0.1, 0.15) is 0 Å². The van der Waals surface area contributed by atoms with Crippen molar-refractivity contribution in [2.24, 2.45) is 0 Å². The van der Waals surface area contributed by atoms with Crippen molar-refractivity contribution in [2.45, 2.75) is 52.4 Å². The van der Waals surface area contributed by atoms with Gasteiger partial charge in [0.05, 0.1) is 13.2 Å².